The van der Waals surface area contributed by atoms with Gasteiger partial charge < -0.3 is 20.5 Å². The molecule has 1 aromatic rings. The van der Waals surface area contributed by atoms with Crippen LogP contribution in [0.2, 0.25) is 0 Å². The molecule has 0 fully saturated rings. The van der Waals surface area contributed by atoms with Gasteiger partial charge >= 0.3 is 6.09 Å². The largest absolute Gasteiger partial charge is 0.481 e. The Kier molecular flexibility index (Phi) is 5.76. The van der Waals surface area contributed by atoms with Gasteiger partial charge in [-0.2, -0.15) is 0 Å². The van der Waals surface area contributed by atoms with Crippen molar-refractivity contribution in [2.45, 2.75) is 32.3 Å². The fourth-order valence-electron chi connectivity index (χ4n) is 1.60. The van der Waals surface area contributed by atoms with E-state index in [1.54, 1.807) is 13.2 Å². The highest BCUT2D eigenvalue weighted by Crippen LogP contribution is 2.15. The van der Waals surface area contributed by atoms with Crippen LogP contribution in [0.5, 0.6) is 5.88 Å². The standard InChI is InChI=1S/C14H23N3O3/c1-14(2,3)20-13(18)16-9-10(8-15)11-6-5-7-12(17-11)19-4/h5-7,10H,8-9,15H2,1-4H3,(H,16,18). The summed E-state index contributed by atoms with van der Waals surface area (Å²) in [6.45, 7) is 6.19. The number of pyridine rings is 1. The van der Waals surface area contributed by atoms with E-state index >= 15 is 0 Å². The molecule has 0 saturated carbocycles. The van der Waals surface area contributed by atoms with Gasteiger partial charge in [-0.05, 0) is 26.8 Å². The van der Waals surface area contributed by atoms with E-state index in [1.165, 1.54) is 0 Å². The molecule has 1 amide bonds. The third-order valence-corrected chi connectivity index (χ3v) is 2.55. The SMILES string of the molecule is COc1cccc(C(CN)CNC(=O)OC(C)(C)C)n1. The maximum absolute atomic E-state index is 11.6. The molecule has 20 heavy (non-hydrogen) atoms. The van der Waals surface area contributed by atoms with Crippen LogP contribution < -0.4 is 15.8 Å². The fraction of sp³-hybridized carbons (Fsp3) is 0.571. The molecule has 0 radical (unpaired) electrons. The van der Waals surface area contributed by atoms with Crippen molar-refractivity contribution in [2.75, 3.05) is 20.2 Å². The number of alkyl carbamates (subject to hydrolysis) is 1. The number of nitrogens with zero attached hydrogens (tertiary/aromatic N) is 1. The Morgan fingerprint density at radius 3 is 2.70 bits per heavy atom. The predicted octanol–water partition coefficient (Wildman–Crippen LogP) is 1.66. The fourth-order valence-corrected chi connectivity index (χ4v) is 1.60. The van der Waals surface area contributed by atoms with Crippen LogP contribution in [0.4, 0.5) is 4.79 Å². The lowest BCUT2D eigenvalue weighted by molar-refractivity contribution is 0.0524. The average Bonchev–Trinajstić information content (AvgIpc) is 2.37. The van der Waals surface area contributed by atoms with Crippen LogP contribution >= 0.6 is 0 Å². The van der Waals surface area contributed by atoms with E-state index in [4.69, 9.17) is 15.2 Å². The summed E-state index contributed by atoms with van der Waals surface area (Å²) in [5.41, 5.74) is 6.00. The summed E-state index contributed by atoms with van der Waals surface area (Å²) < 4.78 is 10.3. The van der Waals surface area contributed by atoms with E-state index in [1.807, 2.05) is 32.9 Å². The summed E-state index contributed by atoms with van der Waals surface area (Å²) in [7, 11) is 1.56. The quantitative estimate of drug-likeness (QED) is 0.857. The topological polar surface area (TPSA) is 86.5 Å². The molecule has 0 aliphatic rings. The molecule has 0 aliphatic carbocycles. The zero-order valence-electron chi connectivity index (χ0n) is 12.5. The summed E-state index contributed by atoms with van der Waals surface area (Å²) in [4.78, 5) is 15.9. The molecule has 6 nitrogen and oxygen atoms in total. The van der Waals surface area contributed by atoms with Crippen LogP contribution in [-0.2, 0) is 4.74 Å². The smallest absolute Gasteiger partial charge is 0.407 e. The first-order valence-electron chi connectivity index (χ1n) is 6.53. The number of ether oxygens (including phenoxy) is 2. The molecule has 1 aromatic heterocycles. The minimum atomic E-state index is -0.517. The number of methoxy groups -OCH3 is 1. The number of carbonyl (C=O) groups excluding carboxylic acids is 1. The summed E-state index contributed by atoms with van der Waals surface area (Å²) in [5.74, 6) is 0.441. The first-order chi connectivity index (χ1) is 9.35. The number of hydrogen-bond donors (Lipinski definition) is 2. The van der Waals surface area contributed by atoms with Crippen molar-refractivity contribution in [3.63, 3.8) is 0 Å². The van der Waals surface area contributed by atoms with Gasteiger partial charge in [0.2, 0.25) is 5.88 Å². The van der Waals surface area contributed by atoms with Crippen LogP contribution in [0.25, 0.3) is 0 Å². The van der Waals surface area contributed by atoms with E-state index in [9.17, 15) is 4.79 Å². The Morgan fingerprint density at radius 1 is 1.45 bits per heavy atom. The summed E-state index contributed by atoms with van der Waals surface area (Å²) in [6.07, 6.45) is -0.459. The van der Waals surface area contributed by atoms with Gasteiger partial charge in [0, 0.05) is 25.1 Å². The number of nitrogens with two attached hydrogens (primary N) is 1. The Bertz CT molecular complexity index is 444. The highest BCUT2D eigenvalue weighted by molar-refractivity contribution is 5.67. The lowest BCUT2D eigenvalue weighted by Crippen LogP contribution is -2.36. The zero-order chi connectivity index (χ0) is 15.2. The first kappa shape index (κ1) is 16.2. The van der Waals surface area contributed by atoms with Gasteiger partial charge in [0.1, 0.15) is 5.60 Å². The molecule has 1 rings (SSSR count). The molecule has 0 saturated heterocycles. The minimum absolute atomic E-state index is 0.0855. The van der Waals surface area contributed by atoms with Gasteiger partial charge in [0.15, 0.2) is 0 Å². The van der Waals surface area contributed by atoms with Crippen molar-refractivity contribution < 1.29 is 14.3 Å². The predicted molar refractivity (Wildman–Crippen MR) is 76.8 cm³/mol. The number of carbonyl (C=O) groups is 1. The van der Waals surface area contributed by atoms with Crippen LogP contribution in [0.1, 0.15) is 32.4 Å². The molecule has 0 aromatic carbocycles. The van der Waals surface area contributed by atoms with Crippen molar-refractivity contribution in [3.8, 4) is 5.88 Å². The second-order valence-corrected chi connectivity index (χ2v) is 5.42. The first-order valence-corrected chi connectivity index (χ1v) is 6.53. The number of nitrogens with one attached hydrogen (secondary N) is 1. The minimum Gasteiger partial charge on any atom is -0.481 e. The van der Waals surface area contributed by atoms with Gasteiger partial charge in [-0.3, -0.25) is 0 Å². The highest BCUT2D eigenvalue weighted by atomic mass is 16.6. The van der Waals surface area contributed by atoms with Gasteiger partial charge in [-0.15, -0.1) is 0 Å². The Morgan fingerprint density at radius 2 is 2.15 bits per heavy atom. The van der Waals surface area contributed by atoms with Gasteiger partial charge in [0.25, 0.3) is 0 Å². The summed E-state index contributed by atoms with van der Waals surface area (Å²) >= 11 is 0. The highest BCUT2D eigenvalue weighted by Gasteiger charge is 2.18. The molecule has 1 atom stereocenters. The van der Waals surface area contributed by atoms with Crippen LogP contribution in [0, 0.1) is 0 Å². The van der Waals surface area contributed by atoms with Crippen molar-refractivity contribution >= 4 is 6.09 Å². The van der Waals surface area contributed by atoms with Gasteiger partial charge in [-0.25, -0.2) is 9.78 Å². The van der Waals surface area contributed by atoms with Crippen molar-refractivity contribution in [2.24, 2.45) is 5.73 Å². The van der Waals surface area contributed by atoms with E-state index in [0.717, 1.165) is 5.69 Å². The Labute approximate surface area is 119 Å². The molecule has 6 heteroatoms. The maximum Gasteiger partial charge on any atom is 0.407 e. The lowest BCUT2D eigenvalue weighted by atomic mass is 10.1. The number of rotatable bonds is 5. The molecular weight excluding hydrogens is 258 g/mol. The van der Waals surface area contributed by atoms with E-state index in [0.29, 0.717) is 19.0 Å². The van der Waals surface area contributed by atoms with Gasteiger partial charge in [0.05, 0.1) is 12.8 Å². The molecule has 0 spiro atoms. The molecule has 1 unspecified atom stereocenters. The van der Waals surface area contributed by atoms with Crippen molar-refractivity contribution in [3.05, 3.63) is 23.9 Å². The molecule has 3 N–H and O–H groups in total. The van der Waals surface area contributed by atoms with Crippen LogP contribution in [0.15, 0.2) is 18.2 Å². The van der Waals surface area contributed by atoms with E-state index in [-0.39, 0.29) is 5.92 Å². The number of amides is 1. The zero-order valence-corrected chi connectivity index (χ0v) is 12.5. The number of aromatic nitrogens is 1. The van der Waals surface area contributed by atoms with Crippen molar-refractivity contribution in [1.82, 2.24) is 10.3 Å². The molecular formula is C14H23N3O3. The third-order valence-electron chi connectivity index (χ3n) is 2.55. The lowest BCUT2D eigenvalue weighted by Gasteiger charge is -2.21. The van der Waals surface area contributed by atoms with Crippen LogP contribution in [-0.4, -0.2) is 36.9 Å². The summed E-state index contributed by atoms with van der Waals surface area (Å²) in [6, 6.07) is 5.46. The monoisotopic (exact) mass is 281 g/mol. The molecule has 0 bridgehead atoms. The van der Waals surface area contributed by atoms with Gasteiger partial charge in [-0.1, -0.05) is 6.07 Å². The third kappa shape index (κ3) is 5.44. The second kappa shape index (κ2) is 7.09. The number of hydrogen-bond acceptors (Lipinski definition) is 5. The second-order valence-electron chi connectivity index (χ2n) is 5.42. The van der Waals surface area contributed by atoms with E-state index < -0.39 is 11.7 Å². The van der Waals surface area contributed by atoms with E-state index in [2.05, 4.69) is 10.3 Å². The molecule has 112 valence electrons. The molecule has 1 heterocycles. The normalized spacial score (nSPS) is 12.7. The maximum atomic E-state index is 11.6. The van der Waals surface area contributed by atoms with Crippen molar-refractivity contribution in [1.29, 1.82) is 0 Å². The van der Waals surface area contributed by atoms with Crippen LogP contribution in [0.3, 0.4) is 0 Å². The average molecular weight is 281 g/mol. The summed E-state index contributed by atoms with van der Waals surface area (Å²) in [5, 5.41) is 2.70. The Hall–Kier alpha value is -1.82. The Balaban J connectivity index is 2.61. The molecule has 0 aliphatic heterocycles.